The van der Waals surface area contributed by atoms with E-state index in [-0.39, 0.29) is 30.0 Å². The molecule has 5 N–H and O–H groups in total. The van der Waals surface area contributed by atoms with Crippen LogP contribution in [0, 0.1) is 23.7 Å². The maximum Gasteiger partial charge on any atom is 0.162 e. The van der Waals surface area contributed by atoms with Gasteiger partial charge < -0.3 is 30.3 Å². The molecule has 0 bridgehead atoms. The summed E-state index contributed by atoms with van der Waals surface area (Å²) in [7, 11) is 1.42. The van der Waals surface area contributed by atoms with E-state index >= 15 is 0 Å². The second kappa shape index (κ2) is 17.0. The molecule has 40 heavy (non-hydrogen) atoms. The van der Waals surface area contributed by atoms with E-state index in [1.807, 2.05) is 71.1 Å². The van der Waals surface area contributed by atoms with Crippen LogP contribution in [-0.4, -0.2) is 74.5 Å². The van der Waals surface area contributed by atoms with Crippen LogP contribution in [0.3, 0.4) is 0 Å². The van der Waals surface area contributed by atoms with E-state index in [0.29, 0.717) is 12.0 Å². The molecule has 0 saturated heterocycles. The normalized spacial score (nSPS) is 25.4. The van der Waals surface area contributed by atoms with Gasteiger partial charge >= 0.3 is 0 Å². The fraction of sp³-hybridized carbons (Fsp3) is 0.606. The molecule has 0 unspecified atom stereocenters. The summed E-state index contributed by atoms with van der Waals surface area (Å²) in [5.74, 6) is -0.544. The summed E-state index contributed by atoms with van der Waals surface area (Å²) in [6.07, 6.45) is 12.7. The second-order valence-electron chi connectivity index (χ2n) is 11.9. The van der Waals surface area contributed by atoms with Crippen LogP contribution in [0.25, 0.3) is 0 Å². The number of hydrogen-bond donors (Lipinski definition) is 5. The van der Waals surface area contributed by atoms with Gasteiger partial charge in [-0.1, -0.05) is 88.0 Å². The lowest BCUT2D eigenvalue weighted by Crippen LogP contribution is -2.43. The number of methoxy groups -OCH3 is 1. The molecule has 0 aromatic carbocycles. The Labute approximate surface area is 241 Å². The number of rotatable bonds is 15. The Morgan fingerprint density at radius 1 is 1.05 bits per heavy atom. The molecule has 0 saturated carbocycles. The number of Topliss-reactive ketones (excluding diaryl/α,β-unsaturated/α-hetero) is 1. The molecule has 0 radical (unpaired) electrons. The zero-order valence-corrected chi connectivity index (χ0v) is 25.4. The van der Waals surface area contributed by atoms with Gasteiger partial charge in [0.25, 0.3) is 0 Å². The maximum atomic E-state index is 13.1. The van der Waals surface area contributed by atoms with Crippen LogP contribution >= 0.6 is 0 Å². The molecule has 7 nitrogen and oxygen atoms in total. The molecule has 0 spiro atoms. The lowest BCUT2D eigenvalue weighted by molar-refractivity contribution is -0.123. The summed E-state index contributed by atoms with van der Waals surface area (Å²) in [5, 5.41) is 51.9. The van der Waals surface area contributed by atoms with Crippen LogP contribution < -0.4 is 0 Å². The highest BCUT2D eigenvalue weighted by Gasteiger charge is 2.37. The third-order valence-corrected chi connectivity index (χ3v) is 7.12. The van der Waals surface area contributed by atoms with Crippen molar-refractivity contribution in [2.45, 2.75) is 97.4 Å². The van der Waals surface area contributed by atoms with Gasteiger partial charge in [0, 0.05) is 18.9 Å². The Kier molecular flexibility index (Phi) is 15.2. The number of ketones is 1. The average molecular weight is 561 g/mol. The quantitative estimate of drug-likeness (QED) is 0.150. The predicted octanol–water partition coefficient (Wildman–Crippen LogP) is 4.22. The standard InChI is InChI=1S/C33H52O7/c1-21(2)17-18-28(40-8)32(38)31(37)26(34)16-10-15-25-20-27(35)29(24(5)30(25)36)23(4)14-9-12-22(3)13-11-19-33(6,7)39/h9-14,16-18,20-21,23-24,26-29,31-32,34-35,37-39H,15,19H2,1-8H3/b13-11+,14-9+,16-10+,18-17+,22-12+/t23-,24-,26-,27+,28-,29-,31-,32-/m1/s1. The minimum absolute atomic E-state index is 0.0522. The molecule has 8 atom stereocenters. The lowest BCUT2D eigenvalue weighted by atomic mass is 9.71. The van der Waals surface area contributed by atoms with Crippen molar-refractivity contribution in [1.82, 2.24) is 0 Å². The van der Waals surface area contributed by atoms with Crippen LogP contribution in [0.1, 0.15) is 61.3 Å². The van der Waals surface area contributed by atoms with Crippen LogP contribution in [0.5, 0.6) is 0 Å². The number of carbonyl (C=O) groups excluding carboxylic acids is 1. The van der Waals surface area contributed by atoms with Gasteiger partial charge in [-0.2, -0.15) is 0 Å². The minimum Gasteiger partial charge on any atom is -0.390 e. The van der Waals surface area contributed by atoms with Crippen LogP contribution in [-0.2, 0) is 9.53 Å². The summed E-state index contributed by atoms with van der Waals surface area (Å²) < 4.78 is 5.23. The average Bonchev–Trinajstić information content (AvgIpc) is 2.85. The number of aliphatic hydroxyl groups excluding tert-OH is 4. The third kappa shape index (κ3) is 12.2. The monoisotopic (exact) mass is 560 g/mol. The highest BCUT2D eigenvalue weighted by atomic mass is 16.5. The van der Waals surface area contributed by atoms with Crippen molar-refractivity contribution in [1.29, 1.82) is 0 Å². The Hall–Kier alpha value is -2.13. The number of carbonyl (C=O) groups is 1. The van der Waals surface area contributed by atoms with Gasteiger partial charge in [-0.3, -0.25) is 4.79 Å². The van der Waals surface area contributed by atoms with E-state index in [1.165, 1.54) is 13.2 Å². The van der Waals surface area contributed by atoms with Gasteiger partial charge in [-0.15, -0.1) is 0 Å². The first kappa shape index (κ1) is 35.9. The SMILES string of the molecule is CO[C@H](/C=C/C(C)C)[C@@H](O)[C@H](O)[C@H](O)/C=C/CC1=C[C@H](O)[C@H]([C@H](C)/C=C/C=C(C)/C=C/CC(C)(C)O)[C@@H](C)C1=O. The molecule has 0 fully saturated rings. The van der Waals surface area contributed by atoms with Crippen LogP contribution in [0.4, 0.5) is 0 Å². The molecular formula is C33H52O7. The third-order valence-electron chi connectivity index (χ3n) is 7.12. The summed E-state index contributed by atoms with van der Waals surface area (Å²) in [4.78, 5) is 13.1. The smallest absolute Gasteiger partial charge is 0.162 e. The summed E-state index contributed by atoms with van der Waals surface area (Å²) in [6.45, 7) is 13.2. The van der Waals surface area contributed by atoms with Crippen molar-refractivity contribution in [3.63, 3.8) is 0 Å². The van der Waals surface area contributed by atoms with Gasteiger partial charge in [-0.05, 0) is 57.1 Å². The van der Waals surface area contributed by atoms with Crippen molar-refractivity contribution in [2.75, 3.05) is 7.11 Å². The minimum atomic E-state index is -1.48. The van der Waals surface area contributed by atoms with E-state index in [9.17, 15) is 30.3 Å². The van der Waals surface area contributed by atoms with Crippen molar-refractivity contribution < 1.29 is 35.1 Å². The van der Waals surface area contributed by atoms with E-state index in [1.54, 1.807) is 32.1 Å². The van der Waals surface area contributed by atoms with Gasteiger partial charge in [0.1, 0.15) is 24.4 Å². The first-order valence-electron chi connectivity index (χ1n) is 14.2. The molecular weight excluding hydrogens is 508 g/mol. The highest BCUT2D eigenvalue weighted by molar-refractivity contribution is 5.98. The molecule has 0 heterocycles. The largest absolute Gasteiger partial charge is 0.390 e. The number of aliphatic hydroxyl groups is 5. The Balaban J connectivity index is 2.82. The van der Waals surface area contributed by atoms with E-state index in [2.05, 4.69) is 0 Å². The van der Waals surface area contributed by atoms with Gasteiger partial charge in [-0.25, -0.2) is 0 Å². The molecule has 226 valence electrons. The number of allylic oxidation sites excluding steroid dienone is 8. The van der Waals surface area contributed by atoms with Crippen molar-refractivity contribution in [2.24, 2.45) is 23.7 Å². The Morgan fingerprint density at radius 2 is 1.70 bits per heavy atom. The van der Waals surface area contributed by atoms with E-state index in [4.69, 9.17) is 4.74 Å². The van der Waals surface area contributed by atoms with Crippen LogP contribution in [0.15, 0.2) is 71.9 Å². The maximum absolute atomic E-state index is 13.1. The van der Waals surface area contributed by atoms with Crippen molar-refractivity contribution in [3.8, 4) is 0 Å². The van der Waals surface area contributed by atoms with Gasteiger partial charge in [0.15, 0.2) is 5.78 Å². The fourth-order valence-electron chi connectivity index (χ4n) is 4.71. The zero-order chi connectivity index (χ0) is 30.6. The lowest BCUT2D eigenvalue weighted by Gasteiger charge is -2.34. The van der Waals surface area contributed by atoms with Crippen LogP contribution in [0.2, 0.25) is 0 Å². The molecule has 0 aromatic rings. The molecule has 7 heteroatoms. The van der Waals surface area contributed by atoms with Crippen molar-refractivity contribution >= 4 is 5.78 Å². The molecule has 1 aliphatic carbocycles. The Bertz CT molecular complexity index is 964. The molecule has 1 rings (SSSR count). The predicted molar refractivity (Wildman–Crippen MR) is 160 cm³/mol. The summed E-state index contributed by atoms with van der Waals surface area (Å²) >= 11 is 0. The first-order valence-corrected chi connectivity index (χ1v) is 14.2. The summed E-state index contributed by atoms with van der Waals surface area (Å²) in [5.41, 5.74) is 0.734. The number of hydrogen-bond acceptors (Lipinski definition) is 7. The Morgan fingerprint density at radius 3 is 2.27 bits per heavy atom. The number of ether oxygens (including phenoxy) is 1. The van der Waals surface area contributed by atoms with Gasteiger partial charge in [0.05, 0.1) is 11.7 Å². The zero-order valence-electron chi connectivity index (χ0n) is 25.4. The summed E-state index contributed by atoms with van der Waals surface area (Å²) in [6, 6.07) is 0. The molecule has 0 aliphatic heterocycles. The molecule has 0 amide bonds. The van der Waals surface area contributed by atoms with E-state index in [0.717, 1.165) is 5.57 Å². The first-order chi connectivity index (χ1) is 18.6. The van der Waals surface area contributed by atoms with Crippen molar-refractivity contribution in [3.05, 3.63) is 71.9 Å². The van der Waals surface area contributed by atoms with E-state index < -0.39 is 42.0 Å². The fourth-order valence-corrected chi connectivity index (χ4v) is 4.71. The second-order valence-corrected chi connectivity index (χ2v) is 11.9. The van der Waals surface area contributed by atoms with Gasteiger partial charge in [0.2, 0.25) is 0 Å². The topological polar surface area (TPSA) is 127 Å². The molecule has 1 aliphatic rings. The molecule has 0 aromatic heterocycles. The highest BCUT2D eigenvalue weighted by Crippen LogP contribution is 2.34.